The van der Waals surface area contributed by atoms with Crippen LogP contribution < -0.4 is 24.4 Å². The molecule has 0 aromatic heterocycles. The number of hydrogen-bond donors (Lipinski definition) is 1. The van der Waals surface area contributed by atoms with Crippen LogP contribution in [-0.4, -0.2) is 39.6 Å². The molecule has 0 amide bonds. The quantitative estimate of drug-likeness (QED) is 0.311. The maximum Gasteiger partial charge on any atom is 0.231 e. The summed E-state index contributed by atoms with van der Waals surface area (Å²) < 4.78 is 17.6. The van der Waals surface area contributed by atoms with Crippen LogP contribution in [0.15, 0.2) is 97.1 Å². The summed E-state index contributed by atoms with van der Waals surface area (Å²) in [6.07, 6.45) is 1.07. The highest BCUT2D eigenvalue weighted by molar-refractivity contribution is 5.70. The third kappa shape index (κ3) is 3.98. The Bertz CT molecular complexity index is 1390. The minimum absolute atomic E-state index is 0.175. The van der Waals surface area contributed by atoms with Crippen LogP contribution in [0.2, 0.25) is 0 Å². The monoisotopic (exact) mass is 504 g/mol. The van der Waals surface area contributed by atoms with Gasteiger partial charge in [0, 0.05) is 42.9 Å². The summed E-state index contributed by atoms with van der Waals surface area (Å²) in [7, 11) is 0. The lowest BCUT2D eigenvalue weighted by Crippen LogP contribution is -2.37. The standard InChI is InChI=1S/C33H32N2O3/c1-3-10-24(11-4-1)26(25-12-5-2-6-13-25)20-34-16-9-17-35-21-33(27-14-7-8-15-29(27)35)22-36-30-19-32-31(18-28(30)33)37-23-38-32/h1-8,10-15,18-19,26,34H,9,16-17,20-23H2. The molecule has 7 rings (SSSR count). The zero-order chi connectivity index (χ0) is 25.4. The summed E-state index contributed by atoms with van der Waals surface area (Å²) in [5, 5.41) is 3.75. The van der Waals surface area contributed by atoms with Crippen LogP contribution in [0.1, 0.15) is 34.6 Å². The third-order valence-electron chi connectivity index (χ3n) is 8.22. The summed E-state index contributed by atoms with van der Waals surface area (Å²) in [5.41, 5.74) is 6.39. The van der Waals surface area contributed by atoms with E-state index in [1.807, 2.05) is 6.07 Å². The van der Waals surface area contributed by atoms with Gasteiger partial charge in [-0.25, -0.2) is 0 Å². The lowest BCUT2D eigenvalue weighted by atomic mass is 9.77. The molecule has 0 aliphatic carbocycles. The van der Waals surface area contributed by atoms with Crippen molar-refractivity contribution >= 4 is 5.69 Å². The molecule has 192 valence electrons. The Morgan fingerprint density at radius 2 is 1.42 bits per heavy atom. The number of nitrogens with one attached hydrogen (secondary N) is 1. The molecular formula is C33H32N2O3. The lowest BCUT2D eigenvalue weighted by Gasteiger charge is -2.25. The zero-order valence-electron chi connectivity index (χ0n) is 21.4. The first kappa shape index (κ1) is 23.2. The number of anilines is 1. The van der Waals surface area contributed by atoms with Gasteiger partial charge in [0.15, 0.2) is 11.5 Å². The Kier molecular flexibility index (Phi) is 5.94. The highest BCUT2D eigenvalue weighted by atomic mass is 16.7. The van der Waals surface area contributed by atoms with E-state index >= 15 is 0 Å². The lowest BCUT2D eigenvalue weighted by molar-refractivity contribution is 0.173. The van der Waals surface area contributed by atoms with Crippen molar-refractivity contribution in [2.24, 2.45) is 0 Å². The Labute approximate surface area is 224 Å². The van der Waals surface area contributed by atoms with Crippen molar-refractivity contribution in [1.29, 1.82) is 0 Å². The highest BCUT2D eigenvalue weighted by Gasteiger charge is 2.50. The molecule has 4 aromatic rings. The maximum atomic E-state index is 6.25. The van der Waals surface area contributed by atoms with Crippen molar-refractivity contribution in [3.8, 4) is 17.2 Å². The molecule has 0 radical (unpaired) electrons. The van der Waals surface area contributed by atoms with E-state index in [1.54, 1.807) is 0 Å². The number of rotatable bonds is 8. The van der Waals surface area contributed by atoms with Crippen LogP contribution in [0.25, 0.3) is 0 Å². The molecule has 3 aliphatic heterocycles. The van der Waals surface area contributed by atoms with Gasteiger partial charge in [0.25, 0.3) is 0 Å². The normalized spacial score (nSPS) is 18.6. The molecule has 1 atom stereocenters. The van der Waals surface area contributed by atoms with Crippen LogP contribution in [0, 0.1) is 0 Å². The van der Waals surface area contributed by atoms with Gasteiger partial charge in [-0.05, 0) is 41.8 Å². The first-order chi connectivity index (χ1) is 18.8. The van der Waals surface area contributed by atoms with Crippen LogP contribution in [-0.2, 0) is 5.41 Å². The number of fused-ring (bicyclic) bond motifs is 5. The highest BCUT2D eigenvalue weighted by Crippen LogP contribution is 2.54. The fourth-order valence-electron chi connectivity index (χ4n) is 6.34. The zero-order valence-corrected chi connectivity index (χ0v) is 21.4. The van der Waals surface area contributed by atoms with Gasteiger partial charge in [0.05, 0.1) is 5.41 Å². The first-order valence-electron chi connectivity index (χ1n) is 13.5. The number of benzene rings is 4. The second-order valence-electron chi connectivity index (χ2n) is 10.4. The molecule has 1 N–H and O–H groups in total. The van der Waals surface area contributed by atoms with Gasteiger partial charge >= 0.3 is 0 Å². The molecule has 5 heteroatoms. The van der Waals surface area contributed by atoms with Gasteiger partial charge in [0.1, 0.15) is 12.4 Å². The van der Waals surface area contributed by atoms with Crippen LogP contribution in [0.5, 0.6) is 17.2 Å². The van der Waals surface area contributed by atoms with Crippen molar-refractivity contribution < 1.29 is 14.2 Å². The maximum absolute atomic E-state index is 6.25. The van der Waals surface area contributed by atoms with Crippen LogP contribution in [0.4, 0.5) is 5.69 Å². The topological polar surface area (TPSA) is 43.0 Å². The Balaban J connectivity index is 1.04. The smallest absolute Gasteiger partial charge is 0.231 e. The largest absolute Gasteiger partial charge is 0.492 e. The van der Waals surface area contributed by atoms with Crippen molar-refractivity contribution in [3.05, 3.63) is 119 Å². The molecule has 0 saturated heterocycles. The third-order valence-corrected chi connectivity index (χ3v) is 8.22. The molecule has 1 spiro atoms. The molecule has 0 fully saturated rings. The summed E-state index contributed by atoms with van der Waals surface area (Å²) >= 11 is 0. The van der Waals surface area contributed by atoms with Crippen molar-refractivity contribution in [2.45, 2.75) is 17.8 Å². The van der Waals surface area contributed by atoms with Gasteiger partial charge in [-0.15, -0.1) is 0 Å². The average Bonchev–Trinajstić information content (AvgIpc) is 3.67. The number of ether oxygens (including phenoxy) is 3. The molecule has 5 nitrogen and oxygen atoms in total. The van der Waals surface area contributed by atoms with Crippen LogP contribution in [0.3, 0.4) is 0 Å². The molecule has 38 heavy (non-hydrogen) atoms. The van der Waals surface area contributed by atoms with Gasteiger partial charge < -0.3 is 24.4 Å². The van der Waals surface area contributed by atoms with Crippen molar-refractivity contribution in [1.82, 2.24) is 5.32 Å². The predicted octanol–water partition coefficient (Wildman–Crippen LogP) is 5.73. The van der Waals surface area contributed by atoms with Gasteiger partial charge in [-0.3, -0.25) is 0 Å². The molecule has 3 heterocycles. The number of hydrogen-bond acceptors (Lipinski definition) is 5. The van der Waals surface area contributed by atoms with E-state index in [9.17, 15) is 0 Å². The van der Waals surface area contributed by atoms with E-state index in [0.29, 0.717) is 12.5 Å². The second kappa shape index (κ2) is 9.73. The van der Waals surface area contributed by atoms with Crippen molar-refractivity contribution in [3.63, 3.8) is 0 Å². The van der Waals surface area contributed by atoms with Crippen molar-refractivity contribution in [2.75, 3.05) is 44.5 Å². The molecule has 3 aliphatic rings. The van der Waals surface area contributed by atoms with Gasteiger partial charge in [-0.2, -0.15) is 0 Å². The SMILES string of the molecule is c1ccc(C(CNCCCN2CC3(COc4cc5c(cc43)OCO5)c3ccccc32)c2ccccc2)cc1. The predicted molar refractivity (Wildman–Crippen MR) is 150 cm³/mol. The number of nitrogens with zero attached hydrogens (tertiary/aromatic N) is 1. The Hall–Kier alpha value is -3.96. The second-order valence-corrected chi connectivity index (χ2v) is 10.4. The molecular weight excluding hydrogens is 472 g/mol. The minimum Gasteiger partial charge on any atom is -0.492 e. The van der Waals surface area contributed by atoms with E-state index in [2.05, 4.69) is 101 Å². The fraction of sp³-hybridized carbons (Fsp3) is 0.273. The average molecular weight is 505 g/mol. The summed E-state index contributed by atoms with van der Waals surface area (Å²) in [4.78, 5) is 2.53. The summed E-state index contributed by atoms with van der Waals surface area (Å²) in [6, 6.07) is 34.5. The minimum atomic E-state index is -0.175. The van der Waals surface area contributed by atoms with E-state index in [1.165, 1.54) is 27.9 Å². The van der Waals surface area contributed by atoms with E-state index < -0.39 is 0 Å². The fourth-order valence-corrected chi connectivity index (χ4v) is 6.34. The van der Waals surface area contributed by atoms with Crippen LogP contribution >= 0.6 is 0 Å². The van der Waals surface area contributed by atoms with Gasteiger partial charge in [0.2, 0.25) is 6.79 Å². The number of para-hydroxylation sites is 1. The van der Waals surface area contributed by atoms with E-state index in [4.69, 9.17) is 14.2 Å². The molecule has 0 bridgehead atoms. The van der Waals surface area contributed by atoms with Gasteiger partial charge in [-0.1, -0.05) is 78.9 Å². The molecule has 1 unspecified atom stereocenters. The molecule has 0 saturated carbocycles. The van der Waals surface area contributed by atoms with E-state index in [0.717, 1.165) is 49.8 Å². The van der Waals surface area contributed by atoms with E-state index in [-0.39, 0.29) is 12.2 Å². The first-order valence-corrected chi connectivity index (χ1v) is 13.5. The Morgan fingerprint density at radius 3 is 2.18 bits per heavy atom. The summed E-state index contributed by atoms with van der Waals surface area (Å²) in [6.45, 7) is 4.71. The summed E-state index contributed by atoms with van der Waals surface area (Å²) in [5.74, 6) is 2.85. The molecule has 4 aromatic carbocycles. The Morgan fingerprint density at radius 1 is 0.737 bits per heavy atom.